The fraction of sp³-hybridized carbons (Fsp3) is 0.154. The molecule has 2 rings (SSSR count). The van der Waals surface area contributed by atoms with Crippen LogP contribution >= 0.6 is 0 Å². The molecule has 0 aliphatic carbocycles. The highest BCUT2D eigenvalue weighted by Crippen LogP contribution is 2.29. The number of carbonyl (C=O) groups is 1. The maximum absolute atomic E-state index is 11.3. The third kappa shape index (κ3) is 2.47. The zero-order chi connectivity index (χ0) is 14.0. The molecule has 0 spiro atoms. The maximum atomic E-state index is 11.3. The molecular formula is C13H12N2O4. The molecule has 1 aromatic carbocycles. The summed E-state index contributed by atoms with van der Waals surface area (Å²) in [4.78, 5) is 22.3. The quantitative estimate of drug-likeness (QED) is 0.871. The normalized spacial score (nSPS) is 10.2. The van der Waals surface area contributed by atoms with E-state index in [2.05, 4.69) is 10.2 Å². The lowest BCUT2D eigenvalue weighted by Gasteiger charge is -2.08. The average Bonchev–Trinajstić information content (AvgIpc) is 2.39. The fourth-order valence-electron chi connectivity index (χ4n) is 1.72. The summed E-state index contributed by atoms with van der Waals surface area (Å²) in [5.74, 6) is -0.738. The zero-order valence-corrected chi connectivity index (χ0v) is 10.4. The number of nitrogens with zero attached hydrogens (tertiary/aromatic N) is 1. The third-order valence-electron chi connectivity index (χ3n) is 2.66. The number of rotatable bonds is 3. The van der Waals surface area contributed by atoms with Gasteiger partial charge in [-0.05, 0) is 25.1 Å². The topological polar surface area (TPSA) is 92.3 Å². The fourth-order valence-corrected chi connectivity index (χ4v) is 1.72. The molecule has 6 nitrogen and oxygen atoms in total. The minimum absolute atomic E-state index is 0.345. The first-order chi connectivity index (χ1) is 9.02. The summed E-state index contributed by atoms with van der Waals surface area (Å²) in [6.07, 6.45) is 0. The molecule has 6 heteroatoms. The number of aromatic nitrogens is 2. The summed E-state index contributed by atoms with van der Waals surface area (Å²) in [5, 5.41) is 15.0. The van der Waals surface area contributed by atoms with Crippen LogP contribution in [0.1, 0.15) is 15.9 Å². The Labute approximate surface area is 108 Å². The van der Waals surface area contributed by atoms with Crippen LogP contribution in [0.3, 0.4) is 0 Å². The van der Waals surface area contributed by atoms with Crippen LogP contribution in [0.4, 0.5) is 0 Å². The smallest absolute Gasteiger partial charge is 0.341 e. The number of hydrogen-bond donors (Lipinski definition) is 2. The van der Waals surface area contributed by atoms with Gasteiger partial charge in [0.2, 0.25) is 0 Å². The van der Waals surface area contributed by atoms with Gasteiger partial charge in [-0.3, -0.25) is 4.79 Å². The van der Waals surface area contributed by atoms with Gasteiger partial charge in [-0.2, -0.15) is 5.10 Å². The van der Waals surface area contributed by atoms with Gasteiger partial charge >= 0.3 is 5.97 Å². The van der Waals surface area contributed by atoms with Gasteiger partial charge in [-0.15, -0.1) is 0 Å². The van der Waals surface area contributed by atoms with Crippen LogP contribution in [0.5, 0.6) is 5.75 Å². The summed E-state index contributed by atoms with van der Waals surface area (Å²) >= 11 is 0. The van der Waals surface area contributed by atoms with Crippen molar-refractivity contribution in [1.29, 1.82) is 0 Å². The Morgan fingerprint density at radius 2 is 2.11 bits per heavy atom. The second-order valence-electron chi connectivity index (χ2n) is 4.00. The van der Waals surface area contributed by atoms with Crippen molar-refractivity contribution in [3.05, 3.63) is 45.7 Å². The predicted octanol–water partition coefficient (Wildman–Crippen LogP) is 1.45. The molecule has 19 heavy (non-hydrogen) atoms. The van der Waals surface area contributed by atoms with Crippen LogP contribution in [-0.2, 0) is 0 Å². The van der Waals surface area contributed by atoms with E-state index in [0.717, 1.165) is 5.56 Å². The number of carboxylic acid groups (broad SMARTS) is 1. The Morgan fingerprint density at radius 1 is 1.37 bits per heavy atom. The number of nitrogens with one attached hydrogen (secondary N) is 1. The Balaban J connectivity index is 2.65. The first kappa shape index (κ1) is 12.8. The van der Waals surface area contributed by atoms with Crippen LogP contribution in [0.15, 0.2) is 29.1 Å². The number of aromatic amines is 1. The monoisotopic (exact) mass is 260 g/mol. The molecule has 1 aromatic heterocycles. The second-order valence-corrected chi connectivity index (χ2v) is 4.00. The van der Waals surface area contributed by atoms with Gasteiger partial charge in [0.15, 0.2) is 0 Å². The molecule has 98 valence electrons. The molecule has 1 heterocycles. The highest BCUT2D eigenvalue weighted by molar-refractivity contribution is 5.88. The zero-order valence-electron chi connectivity index (χ0n) is 10.4. The summed E-state index contributed by atoms with van der Waals surface area (Å²) in [6, 6.07) is 6.67. The van der Waals surface area contributed by atoms with Crippen LogP contribution in [0, 0.1) is 6.92 Å². The van der Waals surface area contributed by atoms with Gasteiger partial charge in [0.25, 0.3) is 5.56 Å². The van der Waals surface area contributed by atoms with Crippen LogP contribution in [0.2, 0.25) is 0 Å². The first-order valence-electron chi connectivity index (χ1n) is 5.51. The molecule has 0 aliphatic heterocycles. The lowest BCUT2D eigenvalue weighted by molar-refractivity contribution is 0.0694. The minimum atomic E-state index is -1.29. The van der Waals surface area contributed by atoms with E-state index in [1.165, 1.54) is 13.2 Å². The number of methoxy groups -OCH3 is 1. The minimum Gasteiger partial charge on any atom is -0.496 e. The van der Waals surface area contributed by atoms with Crippen molar-refractivity contribution in [3.63, 3.8) is 0 Å². The highest BCUT2D eigenvalue weighted by Gasteiger charge is 2.14. The van der Waals surface area contributed by atoms with Crippen LogP contribution < -0.4 is 10.3 Å². The van der Waals surface area contributed by atoms with E-state index in [9.17, 15) is 9.59 Å². The summed E-state index contributed by atoms with van der Waals surface area (Å²) < 4.78 is 5.21. The predicted molar refractivity (Wildman–Crippen MR) is 68.5 cm³/mol. The molecule has 0 radical (unpaired) electrons. The van der Waals surface area contributed by atoms with Crippen molar-refractivity contribution >= 4 is 5.97 Å². The molecule has 0 amide bonds. The van der Waals surface area contributed by atoms with Crippen molar-refractivity contribution < 1.29 is 14.6 Å². The SMILES string of the molecule is COc1ccc(C)cc1-c1cc(C(=O)O)c(=O)[nH]n1. The molecule has 0 bridgehead atoms. The van der Waals surface area contributed by atoms with E-state index < -0.39 is 11.5 Å². The number of benzene rings is 1. The molecule has 2 aromatic rings. The van der Waals surface area contributed by atoms with Gasteiger partial charge in [-0.25, -0.2) is 9.89 Å². The largest absolute Gasteiger partial charge is 0.496 e. The number of H-pyrrole nitrogens is 1. The average molecular weight is 260 g/mol. The second kappa shape index (κ2) is 4.93. The van der Waals surface area contributed by atoms with Crippen molar-refractivity contribution in [2.75, 3.05) is 7.11 Å². The van der Waals surface area contributed by atoms with E-state index in [0.29, 0.717) is 17.0 Å². The lowest BCUT2D eigenvalue weighted by Crippen LogP contribution is -2.18. The van der Waals surface area contributed by atoms with Crippen molar-refractivity contribution in [2.45, 2.75) is 6.92 Å². The van der Waals surface area contributed by atoms with E-state index >= 15 is 0 Å². The molecule has 0 unspecified atom stereocenters. The Hall–Kier alpha value is -2.63. The van der Waals surface area contributed by atoms with Crippen molar-refractivity contribution in [1.82, 2.24) is 10.2 Å². The molecule has 2 N–H and O–H groups in total. The number of ether oxygens (including phenoxy) is 1. The Kier molecular flexibility index (Phi) is 3.33. The third-order valence-corrected chi connectivity index (χ3v) is 2.66. The molecule has 0 saturated heterocycles. The lowest BCUT2D eigenvalue weighted by atomic mass is 10.1. The van der Waals surface area contributed by atoms with Gasteiger partial charge in [0.1, 0.15) is 11.3 Å². The van der Waals surface area contributed by atoms with Gasteiger partial charge < -0.3 is 9.84 Å². The van der Waals surface area contributed by atoms with Gasteiger partial charge in [0.05, 0.1) is 12.8 Å². The Morgan fingerprint density at radius 3 is 2.74 bits per heavy atom. The summed E-state index contributed by atoms with van der Waals surface area (Å²) in [5.41, 5.74) is 0.857. The number of aryl methyl sites for hydroxylation is 1. The standard InChI is InChI=1S/C13H12N2O4/c1-7-3-4-11(19-2)8(5-7)10-6-9(13(17)18)12(16)15-14-10/h3-6H,1-2H3,(H,15,16)(H,17,18). The molecule has 0 aliphatic rings. The molecule has 0 fully saturated rings. The molecule has 0 atom stereocenters. The maximum Gasteiger partial charge on any atom is 0.341 e. The number of hydrogen-bond acceptors (Lipinski definition) is 4. The highest BCUT2D eigenvalue weighted by atomic mass is 16.5. The molecular weight excluding hydrogens is 248 g/mol. The number of aromatic carboxylic acids is 1. The first-order valence-corrected chi connectivity index (χ1v) is 5.51. The number of carboxylic acids is 1. The van der Waals surface area contributed by atoms with Crippen LogP contribution in [0.25, 0.3) is 11.3 Å². The van der Waals surface area contributed by atoms with Crippen molar-refractivity contribution in [3.8, 4) is 17.0 Å². The van der Waals surface area contributed by atoms with E-state index in [1.54, 1.807) is 6.07 Å². The Bertz CT molecular complexity index is 691. The van der Waals surface area contributed by atoms with Crippen molar-refractivity contribution in [2.24, 2.45) is 0 Å². The summed E-state index contributed by atoms with van der Waals surface area (Å²) in [6.45, 7) is 1.90. The van der Waals surface area contributed by atoms with Gasteiger partial charge in [-0.1, -0.05) is 11.6 Å². The van der Waals surface area contributed by atoms with E-state index in [4.69, 9.17) is 9.84 Å². The van der Waals surface area contributed by atoms with E-state index in [-0.39, 0.29) is 5.56 Å². The van der Waals surface area contributed by atoms with Crippen LogP contribution in [-0.4, -0.2) is 28.4 Å². The van der Waals surface area contributed by atoms with Gasteiger partial charge in [0, 0.05) is 5.56 Å². The summed E-state index contributed by atoms with van der Waals surface area (Å²) in [7, 11) is 1.51. The van der Waals surface area contributed by atoms with E-state index in [1.807, 2.05) is 19.1 Å². The molecule has 0 saturated carbocycles.